The summed E-state index contributed by atoms with van der Waals surface area (Å²) in [7, 11) is 0. The van der Waals surface area contributed by atoms with Crippen molar-refractivity contribution in [2.75, 3.05) is 30.3 Å². The molecule has 5 nitrogen and oxygen atoms in total. The SMILES string of the molecule is CC(C)(C)C1CN(c2ccc(N)cc2F)CCN1C(=O)[O-]. The number of piperazine rings is 1. The number of carboxylic acid groups (broad SMARTS) is 1. The van der Waals surface area contributed by atoms with Gasteiger partial charge < -0.3 is 25.4 Å². The van der Waals surface area contributed by atoms with Crippen molar-refractivity contribution in [1.29, 1.82) is 0 Å². The highest BCUT2D eigenvalue weighted by Crippen LogP contribution is 2.31. The van der Waals surface area contributed by atoms with Gasteiger partial charge >= 0.3 is 0 Å². The van der Waals surface area contributed by atoms with Crippen molar-refractivity contribution in [3.05, 3.63) is 24.0 Å². The molecule has 0 bridgehead atoms. The van der Waals surface area contributed by atoms with Gasteiger partial charge in [0, 0.05) is 25.3 Å². The van der Waals surface area contributed by atoms with E-state index in [2.05, 4.69) is 0 Å². The summed E-state index contributed by atoms with van der Waals surface area (Å²) in [5.74, 6) is -0.385. The van der Waals surface area contributed by atoms with Crippen LogP contribution in [0.5, 0.6) is 0 Å². The highest BCUT2D eigenvalue weighted by molar-refractivity contribution is 5.64. The van der Waals surface area contributed by atoms with Gasteiger partial charge in [0.1, 0.15) is 11.9 Å². The monoisotopic (exact) mass is 294 g/mol. The molecule has 0 aromatic heterocycles. The maximum absolute atomic E-state index is 14.1. The Labute approximate surface area is 124 Å². The van der Waals surface area contributed by atoms with E-state index in [-0.39, 0.29) is 17.3 Å². The predicted molar refractivity (Wildman–Crippen MR) is 78.4 cm³/mol. The molecule has 0 aliphatic carbocycles. The number of carbonyl (C=O) groups is 1. The van der Waals surface area contributed by atoms with Crippen LogP contribution >= 0.6 is 0 Å². The molecule has 1 heterocycles. The Bertz CT molecular complexity index is 542. The van der Waals surface area contributed by atoms with E-state index in [9.17, 15) is 14.3 Å². The number of rotatable bonds is 1. The van der Waals surface area contributed by atoms with E-state index in [1.54, 1.807) is 12.1 Å². The third-order valence-electron chi connectivity index (χ3n) is 3.93. The molecule has 1 aliphatic heterocycles. The average Bonchev–Trinajstić information content (AvgIpc) is 2.37. The van der Waals surface area contributed by atoms with Gasteiger partial charge in [0.2, 0.25) is 0 Å². The number of nitrogens with two attached hydrogens (primary N) is 1. The van der Waals surface area contributed by atoms with E-state index in [0.717, 1.165) is 0 Å². The molecule has 1 amide bonds. The molecule has 21 heavy (non-hydrogen) atoms. The van der Waals surface area contributed by atoms with Crippen LogP contribution in [0.15, 0.2) is 18.2 Å². The molecule has 1 aliphatic rings. The number of benzene rings is 1. The van der Waals surface area contributed by atoms with Crippen LogP contribution < -0.4 is 15.7 Å². The zero-order chi connectivity index (χ0) is 15.8. The minimum absolute atomic E-state index is 0.256. The minimum Gasteiger partial charge on any atom is -0.530 e. The molecule has 1 unspecified atom stereocenters. The fraction of sp³-hybridized carbons (Fsp3) is 0.533. The maximum Gasteiger partial charge on any atom is 0.148 e. The number of anilines is 2. The predicted octanol–water partition coefficient (Wildman–Crippen LogP) is 1.29. The van der Waals surface area contributed by atoms with E-state index in [1.807, 2.05) is 25.7 Å². The Morgan fingerprint density at radius 3 is 2.57 bits per heavy atom. The largest absolute Gasteiger partial charge is 0.530 e. The van der Waals surface area contributed by atoms with Crippen molar-refractivity contribution < 1.29 is 14.3 Å². The van der Waals surface area contributed by atoms with Gasteiger partial charge in [-0.2, -0.15) is 0 Å². The van der Waals surface area contributed by atoms with Gasteiger partial charge in [-0.3, -0.25) is 0 Å². The average molecular weight is 294 g/mol. The summed E-state index contributed by atoms with van der Waals surface area (Å²) in [6.07, 6.45) is -1.17. The van der Waals surface area contributed by atoms with Crippen LogP contribution in [0.3, 0.4) is 0 Å². The molecule has 1 saturated heterocycles. The molecule has 6 heteroatoms. The van der Waals surface area contributed by atoms with Crippen molar-refractivity contribution in [2.45, 2.75) is 26.8 Å². The van der Waals surface area contributed by atoms with Crippen molar-refractivity contribution in [1.82, 2.24) is 4.90 Å². The van der Waals surface area contributed by atoms with Crippen molar-refractivity contribution >= 4 is 17.5 Å². The number of carbonyl (C=O) groups excluding carboxylic acids is 1. The highest BCUT2D eigenvalue weighted by Gasteiger charge is 2.36. The normalized spacial score (nSPS) is 19.7. The fourth-order valence-corrected chi connectivity index (χ4v) is 2.74. The summed E-state index contributed by atoms with van der Waals surface area (Å²) < 4.78 is 14.1. The Hall–Kier alpha value is -1.98. The summed E-state index contributed by atoms with van der Waals surface area (Å²) in [5.41, 5.74) is 6.13. The maximum atomic E-state index is 14.1. The lowest BCUT2D eigenvalue weighted by Crippen LogP contribution is -2.62. The first-order chi connectivity index (χ1) is 9.70. The van der Waals surface area contributed by atoms with Gasteiger partial charge in [-0.15, -0.1) is 0 Å². The Morgan fingerprint density at radius 1 is 1.38 bits per heavy atom. The molecular weight excluding hydrogens is 273 g/mol. The van der Waals surface area contributed by atoms with E-state index in [0.29, 0.717) is 31.0 Å². The van der Waals surface area contributed by atoms with Gasteiger partial charge in [0.15, 0.2) is 0 Å². The molecule has 1 aromatic rings. The lowest BCUT2D eigenvalue weighted by Gasteiger charge is -2.49. The van der Waals surface area contributed by atoms with E-state index >= 15 is 0 Å². The standard InChI is InChI=1S/C15H22FN3O2/c1-15(2,3)13-9-18(6-7-19(13)14(20)21)12-5-4-10(17)8-11(12)16/h4-5,8,13H,6-7,9,17H2,1-3H3,(H,20,21)/p-1. The van der Waals surface area contributed by atoms with E-state index < -0.39 is 6.09 Å². The smallest absolute Gasteiger partial charge is 0.148 e. The zero-order valence-electron chi connectivity index (χ0n) is 12.6. The number of hydrogen-bond donors (Lipinski definition) is 1. The van der Waals surface area contributed by atoms with Gasteiger partial charge in [-0.25, -0.2) is 4.39 Å². The van der Waals surface area contributed by atoms with Crippen molar-refractivity contribution in [3.8, 4) is 0 Å². The third kappa shape index (κ3) is 3.20. The first-order valence-corrected chi connectivity index (χ1v) is 6.97. The van der Waals surface area contributed by atoms with Crippen LogP contribution in [0.2, 0.25) is 0 Å². The number of nitrogen functional groups attached to an aromatic ring is 1. The third-order valence-corrected chi connectivity index (χ3v) is 3.93. The highest BCUT2D eigenvalue weighted by atomic mass is 19.1. The topological polar surface area (TPSA) is 72.6 Å². The Morgan fingerprint density at radius 2 is 2.05 bits per heavy atom. The van der Waals surface area contributed by atoms with Crippen LogP contribution in [0.1, 0.15) is 20.8 Å². The molecule has 0 spiro atoms. The first kappa shape index (κ1) is 15.4. The quantitative estimate of drug-likeness (QED) is 0.792. The van der Waals surface area contributed by atoms with Crippen molar-refractivity contribution in [2.24, 2.45) is 5.41 Å². The van der Waals surface area contributed by atoms with Gasteiger partial charge in [0.25, 0.3) is 0 Å². The molecular formula is C15H21FN3O2-. The van der Waals surface area contributed by atoms with Crippen LogP contribution in [-0.4, -0.2) is 36.7 Å². The molecule has 116 valence electrons. The molecule has 2 rings (SSSR count). The Kier molecular flexibility index (Phi) is 3.98. The van der Waals surface area contributed by atoms with Crippen LogP contribution in [0.25, 0.3) is 0 Å². The summed E-state index contributed by atoms with van der Waals surface area (Å²) >= 11 is 0. The summed E-state index contributed by atoms with van der Waals surface area (Å²) in [5, 5.41) is 11.3. The lowest BCUT2D eigenvalue weighted by molar-refractivity contribution is -0.270. The fourth-order valence-electron chi connectivity index (χ4n) is 2.74. The summed E-state index contributed by atoms with van der Waals surface area (Å²) in [4.78, 5) is 14.5. The molecule has 0 saturated carbocycles. The molecule has 2 N–H and O–H groups in total. The van der Waals surface area contributed by atoms with Crippen LogP contribution in [-0.2, 0) is 0 Å². The second kappa shape index (κ2) is 5.42. The zero-order valence-corrected chi connectivity index (χ0v) is 12.6. The number of hydrogen-bond acceptors (Lipinski definition) is 4. The van der Waals surface area contributed by atoms with E-state index in [4.69, 9.17) is 5.73 Å². The lowest BCUT2D eigenvalue weighted by atomic mass is 9.84. The van der Waals surface area contributed by atoms with Crippen LogP contribution in [0, 0.1) is 11.2 Å². The molecule has 0 radical (unpaired) electrons. The summed E-state index contributed by atoms with van der Waals surface area (Å²) in [6, 6.07) is 4.31. The number of amides is 1. The van der Waals surface area contributed by atoms with Gasteiger partial charge in [0.05, 0.1) is 11.7 Å². The van der Waals surface area contributed by atoms with Crippen LogP contribution in [0.4, 0.5) is 20.6 Å². The minimum atomic E-state index is -1.17. The molecule has 1 atom stereocenters. The van der Waals surface area contributed by atoms with Gasteiger partial charge in [-0.05, 0) is 23.6 Å². The Balaban J connectivity index is 2.27. The first-order valence-electron chi connectivity index (χ1n) is 6.97. The summed E-state index contributed by atoms with van der Waals surface area (Å²) in [6.45, 7) is 7.07. The molecule has 1 aromatic carbocycles. The van der Waals surface area contributed by atoms with Crippen molar-refractivity contribution in [3.63, 3.8) is 0 Å². The van der Waals surface area contributed by atoms with E-state index in [1.165, 1.54) is 11.0 Å². The number of nitrogens with zero attached hydrogens (tertiary/aromatic N) is 2. The second-order valence-corrected chi connectivity index (χ2v) is 6.50. The second-order valence-electron chi connectivity index (χ2n) is 6.50. The molecule has 1 fully saturated rings. The van der Waals surface area contributed by atoms with Gasteiger partial charge in [-0.1, -0.05) is 20.8 Å². The number of halogens is 1.